The third kappa shape index (κ3) is 4.40. The van der Waals surface area contributed by atoms with Crippen LogP contribution in [0.5, 0.6) is 5.75 Å². The Morgan fingerprint density at radius 3 is 2.50 bits per heavy atom. The molecule has 6 heteroatoms. The predicted octanol–water partition coefficient (Wildman–Crippen LogP) is 5.79. The van der Waals surface area contributed by atoms with Gasteiger partial charge >= 0.3 is 0 Å². The fourth-order valence-electron chi connectivity index (χ4n) is 4.46. The van der Waals surface area contributed by atoms with E-state index in [0.29, 0.717) is 31.1 Å². The molecule has 1 saturated heterocycles. The summed E-state index contributed by atoms with van der Waals surface area (Å²) in [5.74, 6) is 1.29. The zero-order valence-electron chi connectivity index (χ0n) is 19.0. The van der Waals surface area contributed by atoms with Crippen LogP contribution >= 0.6 is 11.8 Å². The number of aryl methyl sites for hydroxylation is 1. The molecule has 0 spiro atoms. The molecule has 1 fully saturated rings. The van der Waals surface area contributed by atoms with Gasteiger partial charge < -0.3 is 9.64 Å². The third-order valence-corrected chi connectivity index (χ3v) is 7.43. The summed E-state index contributed by atoms with van der Waals surface area (Å²) < 4.78 is 5.90. The number of hydrogen-bond donors (Lipinski definition) is 0. The number of hydrogen-bond acceptors (Lipinski definition) is 5. The van der Waals surface area contributed by atoms with E-state index in [0.717, 1.165) is 27.6 Å². The number of nitriles is 1. The van der Waals surface area contributed by atoms with Crippen LogP contribution in [0.1, 0.15) is 29.0 Å². The molecule has 0 aromatic heterocycles. The summed E-state index contributed by atoms with van der Waals surface area (Å²) in [4.78, 5) is 17.1. The van der Waals surface area contributed by atoms with Gasteiger partial charge in [0.05, 0.1) is 29.2 Å². The highest BCUT2D eigenvalue weighted by molar-refractivity contribution is 8.03. The van der Waals surface area contributed by atoms with Crippen molar-refractivity contribution in [3.8, 4) is 11.8 Å². The zero-order valence-corrected chi connectivity index (χ0v) is 19.8. The summed E-state index contributed by atoms with van der Waals surface area (Å²) in [5.41, 5.74) is 5.04. The predicted molar refractivity (Wildman–Crippen MR) is 135 cm³/mol. The zero-order chi connectivity index (χ0) is 23.5. The number of amides is 1. The highest BCUT2D eigenvalue weighted by Gasteiger charge is 2.38. The average molecular weight is 468 g/mol. The van der Waals surface area contributed by atoms with E-state index in [9.17, 15) is 10.1 Å². The van der Waals surface area contributed by atoms with Gasteiger partial charge in [0.1, 0.15) is 12.4 Å². The number of rotatable bonds is 5. The van der Waals surface area contributed by atoms with Gasteiger partial charge in [-0.2, -0.15) is 5.26 Å². The molecular weight excluding hydrogens is 442 g/mol. The molecule has 0 bridgehead atoms. The molecule has 34 heavy (non-hydrogen) atoms. The van der Waals surface area contributed by atoms with Crippen molar-refractivity contribution < 1.29 is 9.53 Å². The van der Waals surface area contributed by atoms with Crippen LogP contribution in [0.3, 0.4) is 0 Å². The number of carbonyl (C=O) groups excluding carboxylic acids is 1. The summed E-state index contributed by atoms with van der Waals surface area (Å²) in [6.45, 7) is 3.04. The molecule has 0 N–H and O–H groups in total. The lowest BCUT2D eigenvalue weighted by Gasteiger charge is -2.42. The Morgan fingerprint density at radius 2 is 1.76 bits per heavy atom. The van der Waals surface area contributed by atoms with Crippen LogP contribution in [0.25, 0.3) is 0 Å². The van der Waals surface area contributed by atoms with Gasteiger partial charge in [0.2, 0.25) is 5.91 Å². The van der Waals surface area contributed by atoms with Crippen LogP contribution in [0.4, 0.5) is 5.69 Å². The average Bonchev–Trinajstić information content (AvgIpc) is 2.88. The molecule has 1 atom stereocenters. The Labute approximate surface area is 204 Å². The molecule has 5 rings (SSSR count). The summed E-state index contributed by atoms with van der Waals surface area (Å²) in [5, 5.41) is 10.8. The first kappa shape index (κ1) is 22.1. The number of nitrogens with zero attached hydrogens (tertiary/aromatic N) is 3. The van der Waals surface area contributed by atoms with Gasteiger partial charge in [-0.05, 0) is 41.8 Å². The van der Waals surface area contributed by atoms with E-state index in [2.05, 4.69) is 30.0 Å². The van der Waals surface area contributed by atoms with E-state index in [4.69, 9.17) is 4.74 Å². The van der Waals surface area contributed by atoms with Crippen molar-refractivity contribution in [3.63, 3.8) is 0 Å². The minimum atomic E-state index is -0.232. The highest BCUT2D eigenvalue weighted by Crippen LogP contribution is 2.43. The summed E-state index contributed by atoms with van der Waals surface area (Å²) in [6, 6.07) is 28.4. The molecule has 3 aromatic carbocycles. The molecule has 1 amide bonds. The quantitative estimate of drug-likeness (QED) is 0.475. The largest absolute Gasteiger partial charge is 0.489 e. The van der Waals surface area contributed by atoms with E-state index in [1.165, 1.54) is 5.56 Å². The fraction of sp³-hybridized carbons (Fsp3) is 0.214. The van der Waals surface area contributed by atoms with E-state index < -0.39 is 0 Å². The third-order valence-electron chi connectivity index (χ3n) is 6.28. The van der Waals surface area contributed by atoms with Gasteiger partial charge in [0.25, 0.3) is 0 Å². The second-order valence-corrected chi connectivity index (χ2v) is 9.43. The lowest BCUT2D eigenvalue weighted by molar-refractivity contribution is -0.129. The first-order valence-electron chi connectivity index (χ1n) is 11.3. The van der Waals surface area contributed by atoms with Crippen LogP contribution in [0.15, 0.2) is 89.5 Å². The van der Waals surface area contributed by atoms with E-state index in [1.807, 2.05) is 66.7 Å². The van der Waals surface area contributed by atoms with Gasteiger partial charge in [-0.1, -0.05) is 72.4 Å². The Kier molecular flexibility index (Phi) is 6.29. The topological polar surface area (TPSA) is 56.6 Å². The first-order valence-corrected chi connectivity index (χ1v) is 12.3. The van der Waals surface area contributed by atoms with Gasteiger partial charge in [0, 0.05) is 18.0 Å². The SMILES string of the molecule is Cc1ccccc1N1CSC2=C(C#N)[C@H](c3ccc(OCc4ccccc4)cc3)CC(=O)N2C1. The number of carbonyl (C=O) groups is 1. The van der Waals surface area contributed by atoms with Crippen LogP contribution in [0.2, 0.25) is 0 Å². The summed E-state index contributed by atoms with van der Waals surface area (Å²) >= 11 is 1.57. The van der Waals surface area contributed by atoms with Crippen molar-refractivity contribution >= 4 is 23.4 Å². The Morgan fingerprint density at radius 1 is 1.03 bits per heavy atom. The maximum atomic E-state index is 13.2. The minimum absolute atomic E-state index is 0.0502. The van der Waals surface area contributed by atoms with Crippen LogP contribution < -0.4 is 9.64 Å². The maximum Gasteiger partial charge on any atom is 0.229 e. The minimum Gasteiger partial charge on any atom is -0.489 e. The van der Waals surface area contributed by atoms with Crippen LogP contribution in [-0.2, 0) is 11.4 Å². The molecule has 2 aliphatic heterocycles. The van der Waals surface area contributed by atoms with Gasteiger partial charge in [-0.15, -0.1) is 0 Å². The van der Waals surface area contributed by atoms with Crippen molar-refractivity contribution in [2.75, 3.05) is 17.4 Å². The molecule has 0 aliphatic carbocycles. The molecule has 0 radical (unpaired) electrons. The van der Waals surface area contributed by atoms with Gasteiger partial charge in [-0.25, -0.2) is 0 Å². The lowest BCUT2D eigenvalue weighted by atomic mass is 9.86. The normalized spacial score (nSPS) is 17.9. The second kappa shape index (κ2) is 9.66. The highest BCUT2D eigenvalue weighted by atomic mass is 32.2. The van der Waals surface area contributed by atoms with Crippen molar-refractivity contribution in [3.05, 3.63) is 106 Å². The Balaban J connectivity index is 1.34. The molecule has 170 valence electrons. The molecule has 0 saturated carbocycles. The standard InChI is InChI=1S/C28H25N3O2S/c1-20-7-5-6-10-26(20)30-18-31-27(32)15-24(25(16-29)28(31)34-19-30)22-11-13-23(14-12-22)33-17-21-8-3-2-4-9-21/h2-14,24H,15,17-19H2,1H3/t24-/m0/s1. The number of thioether (sulfide) groups is 1. The summed E-state index contributed by atoms with van der Waals surface area (Å²) in [7, 11) is 0. The molecule has 2 aliphatic rings. The number of allylic oxidation sites excluding steroid dienone is 1. The molecule has 0 unspecified atom stereocenters. The van der Waals surface area contributed by atoms with Crippen LogP contribution in [-0.4, -0.2) is 23.4 Å². The van der Waals surface area contributed by atoms with E-state index >= 15 is 0 Å². The fourth-order valence-corrected chi connectivity index (χ4v) is 5.61. The van der Waals surface area contributed by atoms with Crippen molar-refractivity contribution in [1.82, 2.24) is 4.90 Å². The van der Waals surface area contributed by atoms with Gasteiger partial charge in [-0.3, -0.25) is 9.69 Å². The van der Waals surface area contributed by atoms with Crippen LogP contribution in [0, 0.1) is 18.3 Å². The van der Waals surface area contributed by atoms with E-state index in [1.54, 1.807) is 16.7 Å². The van der Waals surface area contributed by atoms with Crippen molar-refractivity contribution in [1.29, 1.82) is 5.26 Å². The number of anilines is 1. The molecule has 2 heterocycles. The Bertz CT molecular complexity index is 1260. The first-order chi connectivity index (χ1) is 16.6. The smallest absolute Gasteiger partial charge is 0.229 e. The number of fused-ring (bicyclic) bond motifs is 1. The second-order valence-electron chi connectivity index (χ2n) is 8.49. The number of para-hydroxylation sites is 1. The van der Waals surface area contributed by atoms with Crippen molar-refractivity contribution in [2.24, 2.45) is 0 Å². The molecule has 3 aromatic rings. The lowest BCUT2D eigenvalue weighted by Crippen LogP contribution is -2.47. The number of ether oxygens (including phenoxy) is 1. The monoisotopic (exact) mass is 467 g/mol. The molecular formula is C28H25N3O2S. The maximum absolute atomic E-state index is 13.2. The summed E-state index contributed by atoms with van der Waals surface area (Å²) in [6.07, 6.45) is 0.290. The van der Waals surface area contributed by atoms with Gasteiger partial charge in [0.15, 0.2) is 0 Å². The number of benzene rings is 3. The van der Waals surface area contributed by atoms with E-state index in [-0.39, 0.29) is 11.8 Å². The van der Waals surface area contributed by atoms with Crippen molar-refractivity contribution in [2.45, 2.75) is 25.9 Å². The Hall–Kier alpha value is -3.69. The molecule has 5 nitrogen and oxygen atoms in total.